The largest absolute Gasteiger partial charge is 0.338 e. The van der Waals surface area contributed by atoms with E-state index >= 15 is 0 Å². The standard InChI is InChI=1S/C14H18N4O/c19-14(17-11-6-7-11)15-8-3-9-18-10-16-12-4-1-2-5-13(12)18/h1-2,4-5,10-11H,3,6-9H2,(H2,15,17,19). The summed E-state index contributed by atoms with van der Waals surface area (Å²) in [4.78, 5) is 15.8. The minimum atomic E-state index is -0.0435. The highest BCUT2D eigenvalue weighted by Crippen LogP contribution is 2.18. The van der Waals surface area contributed by atoms with Crippen LogP contribution < -0.4 is 10.6 Å². The number of hydrogen-bond acceptors (Lipinski definition) is 2. The molecular formula is C14H18N4O. The van der Waals surface area contributed by atoms with E-state index in [1.807, 2.05) is 24.5 Å². The van der Waals surface area contributed by atoms with Gasteiger partial charge in [0.2, 0.25) is 0 Å². The predicted molar refractivity (Wildman–Crippen MR) is 73.9 cm³/mol. The maximum atomic E-state index is 11.4. The molecule has 5 heteroatoms. The Morgan fingerprint density at radius 1 is 1.37 bits per heavy atom. The number of nitrogens with zero attached hydrogens (tertiary/aromatic N) is 2. The minimum absolute atomic E-state index is 0.0435. The molecular weight excluding hydrogens is 240 g/mol. The molecule has 0 saturated heterocycles. The molecule has 2 aromatic rings. The summed E-state index contributed by atoms with van der Waals surface area (Å²) in [5.74, 6) is 0. The van der Waals surface area contributed by atoms with Gasteiger partial charge in [-0.2, -0.15) is 0 Å². The zero-order chi connectivity index (χ0) is 13.1. The third-order valence-corrected chi connectivity index (χ3v) is 3.30. The van der Waals surface area contributed by atoms with Gasteiger partial charge in [-0.25, -0.2) is 9.78 Å². The van der Waals surface area contributed by atoms with Crippen molar-refractivity contribution in [3.63, 3.8) is 0 Å². The number of aryl methyl sites for hydroxylation is 1. The molecule has 100 valence electrons. The lowest BCUT2D eigenvalue weighted by atomic mass is 10.3. The second-order valence-corrected chi connectivity index (χ2v) is 4.95. The van der Waals surface area contributed by atoms with Gasteiger partial charge >= 0.3 is 6.03 Å². The Kier molecular flexibility index (Phi) is 3.35. The summed E-state index contributed by atoms with van der Waals surface area (Å²) in [7, 11) is 0. The second-order valence-electron chi connectivity index (χ2n) is 4.95. The number of rotatable bonds is 5. The van der Waals surface area contributed by atoms with E-state index in [4.69, 9.17) is 0 Å². The summed E-state index contributed by atoms with van der Waals surface area (Å²) in [5, 5.41) is 5.79. The van der Waals surface area contributed by atoms with Gasteiger partial charge in [0.05, 0.1) is 17.4 Å². The number of nitrogens with one attached hydrogen (secondary N) is 2. The van der Waals surface area contributed by atoms with E-state index < -0.39 is 0 Å². The molecule has 2 amide bonds. The van der Waals surface area contributed by atoms with Gasteiger partial charge in [-0.1, -0.05) is 12.1 Å². The quantitative estimate of drug-likeness (QED) is 0.805. The summed E-state index contributed by atoms with van der Waals surface area (Å²) in [6.07, 6.45) is 5.00. The van der Waals surface area contributed by atoms with Crippen molar-refractivity contribution in [3.8, 4) is 0 Å². The molecule has 1 aliphatic carbocycles. The summed E-state index contributed by atoms with van der Waals surface area (Å²) >= 11 is 0. The molecule has 1 aromatic carbocycles. The zero-order valence-electron chi connectivity index (χ0n) is 10.8. The van der Waals surface area contributed by atoms with Crippen LogP contribution in [0.5, 0.6) is 0 Å². The molecule has 3 rings (SSSR count). The van der Waals surface area contributed by atoms with Crippen molar-refractivity contribution >= 4 is 17.1 Å². The van der Waals surface area contributed by atoms with Gasteiger partial charge in [-0.15, -0.1) is 0 Å². The number of amides is 2. The van der Waals surface area contributed by atoms with Crippen LogP contribution in [0, 0.1) is 0 Å². The average molecular weight is 258 g/mol. The Labute approximate surface area is 112 Å². The van der Waals surface area contributed by atoms with Crippen LogP contribution >= 0.6 is 0 Å². The highest BCUT2D eigenvalue weighted by Gasteiger charge is 2.22. The number of aromatic nitrogens is 2. The van der Waals surface area contributed by atoms with Crippen LogP contribution in [0.2, 0.25) is 0 Å². The maximum Gasteiger partial charge on any atom is 0.315 e. The monoisotopic (exact) mass is 258 g/mol. The highest BCUT2D eigenvalue weighted by molar-refractivity contribution is 5.75. The van der Waals surface area contributed by atoms with Crippen molar-refractivity contribution in [2.45, 2.75) is 31.8 Å². The van der Waals surface area contributed by atoms with Crippen molar-refractivity contribution in [2.75, 3.05) is 6.54 Å². The number of imidazole rings is 1. The number of fused-ring (bicyclic) bond motifs is 1. The lowest BCUT2D eigenvalue weighted by Gasteiger charge is -2.07. The normalized spacial score (nSPS) is 14.5. The SMILES string of the molecule is O=C(NCCCn1cnc2ccccc21)NC1CC1. The van der Waals surface area contributed by atoms with Gasteiger partial charge in [0.1, 0.15) is 0 Å². The van der Waals surface area contributed by atoms with E-state index in [0.29, 0.717) is 12.6 Å². The summed E-state index contributed by atoms with van der Waals surface area (Å²) in [5.41, 5.74) is 2.16. The molecule has 1 aliphatic rings. The fourth-order valence-electron chi connectivity index (χ4n) is 2.10. The summed E-state index contributed by atoms with van der Waals surface area (Å²) < 4.78 is 2.12. The highest BCUT2D eigenvalue weighted by atomic mass is 16.2. The number of urea groups is 1. The van der Waals surface area contributed by atoms with E-state index in [2.05, 4.69) is 26.3 Å². The van der Waals surface area contributed by atoms with E-state index in [0.717, 1.165) is 36.8 Å². The molecule has 0 spiro atoms. The van der Waals surface area contributed by atoms with Gasteiger partial charge in [0.25, 0.3) is 0 Å². The molecule has 0 radical (unpaired) electrons. The lowest BCUT2D eigenvalue weighted by molar-refractivity contribution is 0.240. The van der Waals surface area contributed by atoms with Crippen LogP contribution in [0.3, 0.4) is 0 Å². The van der Waals surface area contributed by atoms with Crippen molar-refractivity contribution in [1.82, 2.24) is 20.2 Å². The van der Waals surface area contributed by atoms with E-state index in [1.54, 1.807) is 0 Å². The van der Waals surface area contributed by atoms with Crippen molar-refractivity contribution in [3.05, 3.63) is 30.6 Å². The first-order valence-electron chi connectivity index (χ1n) is 6.77. The topological polar surface area (TPSA) is 59.0 Å². The fourth-order valence-corrected chi connectivity index (χ4v) is 2.10. The second kappa shape index (κ2) is 5.30. The van der Waals surface area contributed by atoms with Gasteiger partial charge < -0.3 is 15.2 Å². The number of benzene rings is 1. The average Bonchev–Trinajstić information content (AvgIpc) is 3.14. The lowest BCUT2D eigenvalue weighted by Crippen LogP contribution is -2.37. The third-order valence-electron chi connectivity index (χ3n) is 3.30. The van der Waals surface area contributed by atoms with Crippen molar-refractivity contribution in [2.24, 2.45) is 0 Å². The van der Waals surface area contributed by atoms with Gasteiger partial charge in [0, 0.05) is 19.1 Å². The predicted octanol–water partition coefficient (Wildman–Crippen LogP) is 1.89. The Hall–Kier alpha value is -2.04. The van der Waals surface area contributed by atoms with Gasteiger partial charge in [-0.05, 0) is 31.4 Å². The first kappa shape index (κ1) is 12.0. The molecule has 1 fully saturated rings. The molecule has 1 heterocycles. The minimum Gasteiger partial charge on any atom is -0.338 e. The van der Waals surface area contributed by atoms with Crippen LogP contribution in [0.15, 0.2) is 30.6 Å². The molecule has 1 aromatic heterocycles. The van der Waals surface area contributed by atoms with Gasteiger partial charge in [-0.3, -0.25) is 0 Å². The van der Waals surface area contributed by atoms with Gasteiger partial charge in [0.15, 0.2) is 0 Å². The smallest absolute Gasteiger partial charge is 0.315 e. The Balaban J connectivity index is 1.45. The number of para-hydroxylation sites is 2. The fraction of sp³-hybridized carbons (Fsp3) is 0.429. The molecule has 1 saturated carbocycles. The summed E-state index contributed by atoms with van der Waals surface area (Å²) in [6.45, 7) is 1.55. The molecule has 2 N–H and O–H groups in total. The molecule has 19 heavy (non-hydrogen) atoms. The Morgan fingerprint density at radius 2 is 2.21 bits per heavy atom. The molecule has 0 unspecified atom stereocenters. The molecule has 0 aliphatic heterocycles. The van der Waals surface area contributed by atoms with Crippen LogP contribution in [0.4, 0.5) is 4.79 Å². The van der Waals surface area contributed by atoms with Crippen molar-refractivity contribution < 1.29 is 4.79 Å². The molecule has 0 atom stereocenters. The van der Waals surface area contributed by atoms with Crippen LogP contribution in [0.25, 0.3) is 11.0 Å². The van der Waals surface area contributed by atoms with E-state index in [-0.39, 0.29) is 6.03 Å². The number of carbonyl (C=O) groups excluding carboxylic acids is 1. The van der Waals surface area contributed by atoms with Crippen molar-refractivity contribution in [1.29, 1.82) is 0 Å². The van der Waals surface area contributed by atoms with Crippen LogP contribution in [0.1, 0.15) is 19.3 Å². The maximum absolute atomic E-state index is 11.4. The summed E-state index contributed by atoms with van der Waals surface area (Å²) in [6, 6.07) is 8.45. The number of carbonyl (C=O) groups is 1. The molecule has 0 bridgehead atoms. The molecule has 5 nitrogen and oxygen atoms in total. The van der Waals surface area contributed by atoms with Crippen LogP contribution in [-0.2, 0) is 6.54 Å². The van der Waals surface area contributed by atoms with E-state index in [9.17, 15) is 4.79 Å². The Morgan fingerprint density at radius 3 is 3.05 bits per heavy atom. The third kappa shape index (κ3) is 3.05. The first-order valence-corrected chi connectivity index (χ1v) is 6.77. The zero-order valence-corrected chi connectivity index (χ0v) is 10.8. The van der Waals surface area contributed by atoms with E-state index in [1.165, 1.54) is 0 Å². The number of hydrogen-bond donors (Lipinski definition) is 2. The Bertz CT molecular complexity index is 574. The van der Waals surface area contributed by atoms with Crippen LogP contribution in [-0.4, -0.2) is 28.2 Å². The first-order chi connectivity index (χ1) is 9.33.